The Hall–Kier alpha value is -2.29. The second kappa shape index (κ2) is 6.44. The molecule has 1 aliphatic heterocycles. The number of thiocarbonyl (C=S) groups is 1. The Morgan fingerprint density at radius 2 is 1.71 bits per heavy atom. The molecule has 0 saturated heterocycles. The van der Waals surface area contributed by atoms with Gasteiger partial charge in [0.05, 0.1) is 17.4 Å². The van der Waals surface area contributed by atoms with Crippen molar-refractivity contribution in [1.29, 1.82) is 0 Å². The van der Waals surface area contributed by atoms with Gasteiger partial charge < -0.3 is 4.84 Å². The van der Waals surface area contributed by atoms with Gasteiger partial charge in [-0.15, -0.1) is 0 Å². The smallest absolute Gasteiger partial charge is 0.153 e. The first kappa shape index (κ1) is 13.7. The van der Waals surface area contributed by atoms with Crippen LogP contribution in [0.15, 0.2) is 64.7 Å². The lowest BCUT2D eigenvalue weighted by molar-refractivity contribution is 0.0924. The summed E-state index contributed by atoms with van der Waals surface area (Å²) >= 11 is 4.56. The van der Waals surface area contributed by atoms with Crippen LogP contribution in [0.3, 0.4) is 0 Å². The van der Waals surface area contributed by atoms with Gasteiger partial charge in [-0.3, -0.25) is 0 Å². The molecule has 1 unspecified atom stereocenters. The van der Waals surface area contributed by atoms with E-state index < -0.39 is 0 Å². The number of nitrogens with zero attached hydrogens (tertiary/aromatic N) is 2. The number of aliphatic imine (C=N–C) groups is 1. The van der Waals surface area contributed by atoms with E-state index >= 15 is 0 Å². The zero-order valence-corrected chi connectivity index (χ0v) is 12.2. The molecule has 1 heterocycles. The largest absolute Gasteiger partial charge is 0.390 e. The fourth-order valence-corrected chi connectivity index (χ4v) is 2.40. The van der Waals surface area contributed by atoms with Gasteiger partial charge in [-0.25, -0.2) is 4.99 Å². The summed E-state index contributed by atoms with van der Waals surface area (Å²) in [5.41, 5.74) is 4.45. The highest BCUT2D eigenvalue weighted by Gasteiger charge is 2.21. The summed E-state index contributed by atoms with van der Waals surface area (Å²) in [5, 5.41) is 6.49. The summed E-state index contributed by atoms with van der Waals surface area (Å²) in [6, 6.07) is 18.7. The number of benzene rings is 2. The normalized spacial score (nSPS) is 16.8. The van der Waals surface area contributed by atoms with Gasteiger partial charge in [-0.05, 0) is 28.9 Å². The summed E-state index contributed by atoms with van der Waals surface area (Å²) in [4.78, 5) is 9.25. The van der Waals surface area contributed by atoms with Crippen molar-refractivity contribution >= 4 is 23.1 Å². The number of hydrogen-bond donors (Lipinski definition) is 0. The lowest BCUT2D eigenvalue weighted by atomic mass is 10.0. The Labute approximate surface area is 129 Å². The van der Waals surface area contributed by atoms with E-state index in [0.29, 0.717) is 6.54 Å². The topological polar surface area (TPSA) is 34.0 Å². The second-order valence-electron chi connectivity index (χ2n) is 4.84. The van der Waals surface area contributed by atoms with Crippen molar-refractivity contribution in [3.05, 3.63) is 60.2 Å². The Morgan fingerprint density at radius 1 is 1.05 bits per heavy atom. The molecule has 3 rings (SSSR count). The molecule has 1 aliphatic rings. The molecule has 0 spiro atoms. The van der Waals surface area contributed by atoms with Crippen LogP contribution in [-0.4, -0.2) is 23.5 Å². The second-order valence-corrected chi connectivity index (χ2v) is 5.03. The maximum Gasteiger partial charge on any atom is 0.153 e. The average Bonchev–Trinajstić information content (AvgIpc) is 3.03. The van der Waals surface area contributed by atoms with E-state index in [4.69, 9.17) is 4.84 Å². The maximum absolute atomic E-state index is 5.34. The van der Waals surface area contributed by atoms with Gasteiger partial charge in [0.15, 0.2) is 6.10 Å². The molecule has 0 N–H and O–H groups in total. The Bertz CT molecular complexity index is 688. The molecule has 2 aromatic rings. The highest BCUT2D eigenvalue weighted by molar-refractivity contribution is 7.78. The molecule has 0 aromatic heterocycles. The first-order valence-corrected chi connectivity index (χ1v) is 7.20. The molecule has 0 radical (unpaired) electrons. The summed E-state index contributed by atoms with van der Waals surface area (Å²) in [5.74, 6) is 0. The SMILES string of the molecule is S=C=NCC1CC(c2ccc(-c3ccccc3)cc2)=NO1. The predicted octanol–water partition coefficient (Wildman–Crippen LogP) is 3.95. The van der Waals surface area contributed by atoms with Crippen molar-refractivity contribution in [3.63, 3.8) is 0 Å². The minimum Gasteiger partial charge on any atom is -0.390 e. The predicted molar refractivity (Wildman–Crippen MR) is 87.8 cm³/mol. The first-order valence-electron chi connectivity index (χ1n) is 6.79. The van der Waals surface area contributed by atoms with E-state index in [9.17, 15) is 0 Å². The third-order valence-electron chi connectivity index (χ3n) is 3.42. The molecule has 21 heavy (non-hydrogen) atoms. The van der Waals surface area contributed by atoms with Crippen LogP contribution in [0.2, 0.25) is 0 Å². The van der Waals surface area contributed by atoms with E-state index in [2.05, 4.69) is 63.9 Å². The molecule has 0 fully saturated rings. The molecule has 0 amide bonds. The van der Waals surface area contributed by atoms with Gasteiger partial charge in [-0.1, -0.05) is 59.8 Å². The number of isothiocyanates is 1. The van der Waals surface area contributed by atoms with Crippen LogP contribution < -0.4 is 0 Å². The average molecular weight is 294 g/mol. The number of oxime groups is 1. The van der Waals surface area contributed by atoms with Crippen molar-refractivity contribution in [2.45, 2.75) is 12.5 Å². The fraction of sp³-hybridized carbons (Fsp3) is 0.176. The van der Waals surface area contributed by atoms with Crippen LogP contribution in [0.4, 0.5) is 0 Å². The fourth-order valence-electron chi connectivity index (χ4n) is 2.32. The lowest BCUT2D eigenvalue weighted by Gasteiger charge is -2.04. The highest BCUT2D eigenvalue weighted by atomic mass is 32.1. The molecule has 4 heteroatoms. The van der Waals surface area contributed by atoms with Crippen molar-refractivity contribution in [3.8, 4) is 11.1 Å². The van der Waals surface area contributed by atoms with E-state index in [-0.39, 0.29) is 6.10 Å². The third-order valence-corrected chi connectivity index (χ3v) is 3.55. The van der Waals surface area contributed by atoms with Gasteiger partial charge >= 0.3 is 0 Å². The molecule has 104 valence electrons. The molecule has 3 nitrogen and oxygen atoms in total. The molecular weight excluding hydrogens is 280 g/mol. The van der Waals surface area contributed by atoms with E-state index in [1.807, 2.05) is 18.2 Å². The van der Waals surface area contributed by atoms with E-state index in [0.717, 1.165) is 17.7 Å². The van der Waals surface area contributed by atoms with E-state index in [1.54, 1.807) is 0 Å². The third kappa shape index (κ3) is 3.24. The van der Waals surface area contributed by atoms with Gasteiger partial charge in [0, 0.05) is 6.42 Å². The number of rotatable bonds is 4. The van der Waals surface area contributed by atoms with Crippen molar-refractivity contribution in [2.75, 3.05) is 6.54 Å². The van der Waals surface area contributed by atoms with Gasteiger partial charge in [0.25, 0.3) is 0 Å². The first-order chi connectivity index (χ1) is 10.4. The summed E-state index contributed by atoms with van der Waals surface area (Å²) in [6.45, 7) is 0.512. The van der Waals surface area contributed by atoms with Crippen molar-refractivity contribution < 1.29 is 4.84 Å². The molecule has 0 saturated carbocycles. The quantitative estimate of drug-likeness (QED) is 0.632. The monoisotopic (exact) mass is 294 g/mol. The standard InChI is InChI=1S/C17H14N2OS/c21-12-18-11-16-10-17(19-20-16)15-8-6-14(7-9-15)13-4-2-1-3-5-13/h1-9,16H,10-11H2. The maximum atomic E-state index is 5.34. The van der Waals surface area contributed by atoms with Gasteiger partial charge in [0.2, 0.25) is 0 Å². The summed E-state index contributed by atoms with van der Waals surface area (Å²) in [7, 11) is 0. The van der Waals surface area contributed by atoms with Crippen LogP contribution in [0.5, 0.6) is 0 Å². The van der Waals surface area contributed by atoms with Crippen LogP contribution >= 0.6 is 12.2 Å². The molecule has 1 atom stereocenters. The van der Waals surface area contributed by atoms with Gasteiger partial charge in [0.1, 0.15) is 0 Å². The summed E-state index contributed by atoms with van der Waals surface area (Å²) < 4.78 is 0. The minimum atomic E-state index is -0.0238. The van der Waals surface area contributed by atoms with Crippen molar-refractivity contribution in [1.82, 2.24) is 0 Å². The molecule has 2 aromatic carbocycles. The molecular formula is C17H14N2OS. The van der Waals surface area contributed by atoms with Gasteiger partial charge in [-0.2, -0.15) is 0 Å². The Morgan fingerprint density at radius 3 is 2.43 bits per heavy atom. The Balaban J connectivity index is 1.72. The molecule has 0 bridgehead atoms. The minimum absolute atomic E-state index is 0.0238. The Kier molecular flexibility index (Phi) is 4.20. The zero-order valence-electron chi connectivity index (χ0n) is 11.4. The lowest BCUT2D eigenvalue weighted by Crippen LogP contribution is -2.11. The van der Waals surface area contributed by atoms with Crippen LogP contribution in [0.1, 0.15) is 12.0 Å². The van der Waals surface area contributed by atoms with Crippen LogP contribution in [0, 0.1) is 0 Å². The zero-order chi connectivity index (χ0) is 14.5. The van der Waals surface area contributed by atoms with E-state index in [1.165, 1.54) is 11.1 Å². The number of hydrogen-bond acceptors (Lipinski definition) is 4. The molecule has 0 aliphatic carbocycles. The highest BCUT2D eigenvalue weighted by Crippen LogP contribution is 2.22. The van der Waals surface area contributed by atoms with Crippen LogP contribution in [0.25, 0.3) is 11.1 Å². The van der Waals surface area contributed by atoms with Crippen LogP contribution in [-0.2, 0) is 4.84 Å². The summed E-state index contributed by atoms with van der Waals surface area (Å²) in [6.07, 6.45) is 0.731. The van der Waals surface area contributed by atoms with Crippen molar-refractivity contribution in [2.24, 2.45) is 10.1 Å².